The zero-order chi connectivity index (χ0) is 15.0. The molecule has 0 spiro atoms. The highest BCUT2D eigenvalue weighted by molar-refractivity contribution is 14.1. The van der Waals surface area contributed by atoms with Gasteiger partial charge in [0.1, 0.15) is 5.82 Å². The molecule has 1 aliphatic rings. The van der Waals surface area contributed by atoms with Crippen LogP contribution in [0.4, 0.5) is 0 Å². The summed E-state index contributed by atoms with van der Waals surface area (Å²) in [7, 11) is 1.87. The number of carbonyl (C=O) groups is 1. The van der Waals surface area contributed by atoms with Crippen molar-refractivity contribution < 1.29 is 4.79 Å². The van der Waals surface area contributed by atoms with E-state index < -0.39 is 0 Å². The molecule has 6 heteroatoms. The number of aryl methyl sites for hydroxylation is 1. The number of amides is 1. The number of halogens is 2. The van der Waals surface area contributed by atoms with Gasteiger partial charge in [-0.1, -0.05) is 0 Å². The topological polar surface area (TPSA) is 38.1 Å². The fraction of sp³-hybridized carbons (Fsp3) is 0.467. The van der Waals surface area contributed by atoms with Crippen molar-refractivity contribution in [1.29, 1.82) is 0 Å². The van der Waals surface area contributed by atoms with Gasteiger partial charge in [0.05, 0.1) is 17.1 Å². The first-order valence-corrected chi connectivity index (χ1v) is 8.67. The van der Waals surface area contributed by atoms with Gasteiger partial charge in [-0.3, -0.25) is 4.79 Å². The van der Waals surface area contributed by atoms with E-state index in [9.17, 15) is 4.79 Å². The lowest BCUT2D eigenvalue weighted by atomic mass is 10.0. The molecular formula is C15H17ClIN3O. The summed E-state index contributed by atoms with van der Waals surface area (Å²) in [5, 5.41) is 0. The Labute approximate surface area is 142 Å². The van der Waals surface area contributed by atoms with Crippen LogP contribution in [0.15, 0.2) is 18.2 Å². The summed E-state index contributed by atoms with van der Waals surface area (Å²) < 4.78 is 3.47. The Kier molecular flexibility index (Phi) is 4.40. The van der Waals surface area contributed by atoms with E-state index in [0.717, 1.165) is 36.2 Å². The number of likely N-dealkylation sites (N-methyl/N-ethyl adjacent to an activating group) is 1. The number of piperidine rings is 1. The van der Waals surface area contributed by atoms with Crippen molar-refractivity contribution in [2.75, 3.05) is 19.5 Å². The molecule has 2 aromatic rings. The monoisotopic (exact) mass is 417 g/mol. The number of alkyl halides is 1. The molecule has 2 heterocycles. The number of likely N-dealkylation sites (tertiary alicyclic amines) is 1. The van der Waals surface area contributed by atoms with Crippen LogP contribution in [-0.2, 0) is 11.2 Å². The number of benzene rings is 1. The highest BCUT2D eigenvalue weighted by atomic mass is 127. The first-order valence-electron chi connectivity index (χ1n) is 7.06. The minimum absolute atomic E-state index is 0.226. The summed E-state index contributed by atoms with van der Waals surface area (Å²) in [6, 6.07) is 6.61. The highest BCUT2D eigenvalue weighted by Crippen LogP contribution is 2.29. The molecule has 1 aromatic heterocycles. The lowest BCUT2D eigenvalue weighted by Crippen LogP contribution is -2.38. The van der Waals surface area contributed by atoms with Crippen molar-refractivity contribution in [2.45, 2.75) is 25.3 Å². The van der Waals surface area contributed by atoms with Crippen molar-refractivity contribution in [3.05, 3.63) is 27.6 Å². The zero-order valence-electron chi connectivity index (χ0n) is 11.9. The summed E-state index contributed by atoms with van der Waals surface area (Å²) in [6.07, 6.45) is 2.22. The maximum atomic E-state index is 11.7. The van der Waals surface area contributed by atoms with Crippen molar-refractivity contribution in [1.82, 2.24) is 14.5 Å². The fourth-order valence-corrected chi connectivity index (χ4v) is 3.63. The van der Waals surface area contributed by atoms with Gasteiger partial charge in [-0.2, -0.15) is 0 Å². The molecule has 1 atom stereocenters. The number of fused-ring (bicyclic) bond motifs is 1. The van der Waals surface area contributed by atoms with E-state index in [-0.39, 0.29) is 11.9 Å². The minimum atomic E-state index is 0.226. The molecule has 21 heavy (non-hydrogen) atoms. The average Bonchev–Trinajstić information content (AvgIpc) is 2.79. The van der Waals surface area contributed by atoms with Crippen molar-refractivity contribution in [3.8, 4) is 0 Å². The van der Waals surface area contributed by atoms with Gasteiger partial charge in [-0.05, 0) is 47.2 Å². The first kappa shape index (κ1) is 15.1. The predicted molar refractivity (Wildman–Crippen MR) is 92.8 cm³/mol. The second-order valence-corrected chi connectivity index (χ2v) is 7.06. The Hall–Kier alpha value is -0.820. The van der Waals surface area contributed by atoms with Crippen LogP contribution in [0.25, 0.3) is 11.0 Å². The third-order valence-corrected chi connectivity index (χ3v) is 4.87. The second-order valence-electron chi connectivity index (χ2n) is 5.44. The Balaban J connectivity index is 2.06. The number of imidazole rings is 1. The Morgan fingerprint density at radius 2 is 2.29 bits per heavy atom. The van der Waals surface area contributed by atoms with Crippen LogP contribution in [-0.4, -0.2) is 39.8 Å². The largest absolute Gasteiger partial charge is 0.344 e. The van der Waals surface area contributed by atoms with Crippen LogP contribution in [0.1, 0.15) is 24.7 Å². The van der Waals surface area contributed by atoms with Gasteiger partial charge >= 0.3 is 0 Å². The third kappa shape index (κ3) is 2.90. The van der Waals surface area contributed by atoms with Crippen LogP contribution < -0.4 is 0 Å². The van der Waals surface area contributed by atoms with Crippen LogP contribution >= 0.6 is 34.2 Å². The quantitative estimate of drug-likeness (QED) is 0.568. The van der Waals surface area contributed by atoms with Crippen LogP contribution in [0, 0.1) is 3.57 Å². The van der Waals surface area contributed by atoms with Crippen LogP contribution in [0.2, 0.25) is 0 Å². The predicted octanol–water partition coefficient (Wildman–Crippen LogP) is 3.22. The fourth-order valence-electron chi connectivity index (χ4n) is 2.99. The highest BCUT2D eigenvalue weighted by Gasteiger charge is 2.27. The molecule has 1 unspecified atom stereocenters. The molecule has 0 bridgehead atoms. The summed E-state index contributed by atoms with van der Waals surface area (Å²) in [6.45, 7) is 0.742. The van der Waals surface area contributed by atoms with E-state index in [1.165, 1.54) is 3.57 Å². The first-order chi connectivity index (χ1) is 10.1. The van der Waals surface area contributed by atoms with E-state index >= 15 is 0 Å². The van der Waals surface area contributed by atoms with Gasteiger partial charge in [0, 0.05) is 35.9 Å². The van der Waals surface area contributed by atoms with Gasteiger partial charge < -0.3 is 9.47 Å². The Morgan fingerprint density at radius 1 is 1.48 bits per heavy atom. The van der Waals surface area contributed by atoms with E-state index in [0.29, 0.717) is 12.3 Å². The maximum absolute atomic E-state index is 11.7. The smallest absolute Gasteiger partial charge is 0.222 e. The second kappa shape index (κ2) is 6.12. The minimum Gasteiger partial charge on any atom is -0.344 e. The molecule has 3 rings (SSSR count). The van der Waals surface area contributed by atoms with E-state index in [1.807, 2.05) is 11.9 Å². The summed E-state index contributed by atoms with van der Waals surface area (Å²) in [5.74, 6) is 1.81. The normalized spacial score (nSPS) is 19.5. The molecule has 0 aliphatic carbocycles. The number of aromatic nitrogens is 2. The average molecular weight is 418 g/mol. The summed E-state index contributed by atoms with van der Waals surface area (Å²) >= 11 is 8.24. The third-order valence-electron chi connectivity index (χ3n) is 4.01. The Morgan fingerprint density at radius 3 is 3.00 bits per heavy atom. The lowest BCUT2D eigenvalue weighted by molar-refractivity contribution is -0.132. The van der Waals surface area contributed by atoms with Gasteiger partial charge in [0.15, 0.2) is 0 Å². The number of rotatable bonds is 3. The SMILES string of the molecule is CN1CC(n2c(CCCl)nc3cc(I)ccc32)CCC1=O. The van der Waals surface area contributed by atoms with E-state index in [1.54, 1.807) is 0 Å². The lowest BCUT2D eigenvalue weighted by Gasteiger charge is -2.31. The summed E-state index contributed by atoms with van der Waals surface area (Å²) in [4.78, 5) is 18.3. The standard InChI is InChI=1S/C15H17ClIN3O/c1-19-9-11(3-5-15(19)21)20-13-4-2-10(17)8-12(13)18-14(20)6-7-16/h2,4,8,11H,3,5-7,9H2,1H3. The van der Waals surface area contributed by atoms with Gasteiger partial charge in [-0.25, -0.2) is 4.98 Å². The molecule has 1 aliphatic heterocycles. The number of hydrogen-bond acceptors (Lipinski definition) is 2. The van der Waals surface area contributed by atoms with Crippen molar-refractivity contribution in [2.24, 2.45) is 0 Å². The number of hydrogen-bond donors (Lipinski definition) is 0. The van der Waals surface area contributed by atoms with Crippen molar-refractivity contribution >= 4 is 51.1 Å². The van der Waals surface area contributed by atoms with Crippen LogP contribution in [0.5, 0.6) is 0 Å². The number of nitrogens with zero attached hydrogens (tertiary/aromatic N) is 3. The van der Waals surface area contributed by atoms with Gasteiger partial charge in [-0.15, -0.1) is 11.6 Å². The van der Waals surface area contributed by atoms with Crippen LogP contribution in [0.3, 0.4) is 0 Å². The molecule has 0 radical (unpaired) electrons. The Bertz CT molecular complexity index is 685. The van der Waals surface area contributed by atoms with Crippen molar-refractivity contribution in [3.63, 3.8) is 0 Å². The van der Waals surface area contributed by atoms with Gasteiger partial charge in [0.25, 0.3) is 0 Å². The van der Waals surface area contributed by atoms with E-state index in [2.05, 4.69) is 45.4 Å². The molecule has 4 nitrogen and oxygen atoms in total. The molecule has 1 saturated heterocycles. The molecule has 0 saturated carbocycles. The molecule has 1 fully saturated rings. The molecule has 112 valence electrons. The van der Waals surface area contributed by atoms with Gasteiger partial charge in [0.2, 0.25) is 5.91 Å². The maximum Gasteiger partial charge on any atom is 0.222 e. The summed E-state index contributed by atoms with van der Waals surface area (Å²) in [5.41, 5.74) is 2.16. The zero-order valence-corrected chi connectivity index (χ0v) is 14.8. The van der Waals surface area contributed by atoms with E-state index in [4.69, 9.17) is 16.6 Å². The molecule has 0 N–H and O–H groups in total. The number of carbonyl (C=O) groups excluding carboxylic acids is 1. The molecular weight excluding hydrogens is 401 g/mol. The molecule has 1 aromatic carbocycles. The molecule has 1 amide bonds.